The molecule has 6 nitrogen and oxygen atoms in total. The van der Waals surface area contributed by atoms with Crippen molar-refractivity contribution in [1.29, 1.82) is 0 Å². The van der Waals surface area contributed by atoms with E-state index in [1.807, 2.05) is 0 Å². The van der Waals surface area contributed by atoms with Gasteiger partial charge in [-0.25, -0.2) is 25.9 Å². The number of hydrogen-bond acceptors (Lipinski definition) is 4. The van der Waals surface area contributed by atoms with E-state index in [-0.39, 0.29) is 11.7 Å². The smallest absolute Gasteiger partial charge is 0.243 e. The first-order valence-corrected chi connectivity index (χ1v) is 9.84. The predicted molar refractivity (Wildman–Crippen MR) is 77.4 cm³/mol. The van der Waals surface area contributed by atoms with Crippen LogP contribution in [0.1, 0.15) is 25.7 Å². The molecule has 0 unspecified atom stereocenters. The van der Waals surface area contributed by atoms with Gasteiger partial charge < -0.3 is 0 Å². The van der Waals surface area contributed by atoms with Gasteiger partial charge >= 0.3 is 0 Å². The highest BCUT2D eigenvalue weighted by atomic mass is 32.2. The molecule has 0 bridgehead atoms. The fraction of sp³-hybridized carbons (Fsp3) is 0.500. The zero-order valence-electron chi connectivity index (χ0n) is 11.5. The maximum absolute atomic E-state index is 13.9. The number of benzene rings is 1. The Morgan fingerprint density at radius 2 is 1.76 bits per heavy atom. The average Bonchev–Trinajstić information content (AvgIpc) is 2.78. The summed E-state index contributed by atoms with van der Waals surface area (Å²) in [6.07, 6.45) is 4.32. The van der Waals surface area contributed by atoms with Crippen molar-refractivity contribution in [3.8, 4) is 0 Å². The van der Waals surface area contributed by atoms with Crippen LogP contribution in [0.15, 0.2) is 23.1 Å². The molecular formula is C12H17FN2O4S2. The van der Waals surface area contributed by atoms with Crippen molar-refractivity contribution in [3.05, 3.63) is 24.0 Å². The molecule has 1 aliphatic rings. The lowest BCUT2D eigenvalue weighted by Gasteiger charge is -2.13. The second-order valence-electron chi connectivity index (χ2n) is 5.12. The van der Waals surface area contributed by atoms with Gasteiger partial charge in [-0.2, -0.15) is 0 Å². The minimum atomic E-state index is -3.94. The van der Waals surface area contributed by atoms with Gasteiger partial charge in [-0.15, -0.1) is 0 Å². The second kappa shape index (κ2) is 5.90. The van der Waals surface area contributed by atoms with E-state index in [9.17, 15) is 21.2 Å². The van der Waals surface area contributed by atoms with Crippen LogP contribution in [0.5, 0.6) is 0 Å². The number of sulfonamides is 2. The molecule has 1 saturated carbocycles. The number of rotatable bonds is 5. The molecule has 0 radical (unpaired) electrons. The van der Waals surface area contributed by atoms with Crippen molar-refractivity contribution in [2.24, 2.45) is 0 Å². The summed E-state index contributed by atoms with van der Waals surface area (Å²) in [6.45, 7) is 0. The summed E-state index contributed by atoms with van der Waals surface area (Å²) < 4.78 is 64.9. The molecule has 1 aromatic carbocycles. The molecule has 0 aliphatic heterocycles. The Bertz CT molecular complexity index is 726. The highest BCUT2D eigenvalue weighted by molar-refractivity contribution is 7.92. The average molecular weight is 336 g/mol. The van der Waals surface area contributed by atoms with Gasteiger partial charge in [-0.05, 0) is 31.0 Å². The molecule has 2 N–H and O–H groups in total. The normalized spacial score (nSPS) is 17.0. The fourth-order valence-corrected chi connectivity index (χ4v) is 4.24. The molecule has 9 heteroatoms. The Morgan fingerprint density at radius 1 is 1.14 bits per heavy atom. The van der Waals surface area contributed by atoms with E-state index in [4.69, 9.17) is 0 Å². The Morgan fingerprint density at radius 3 is 2.29 bits per heavy atom. The Kier molecular flexibility index (Phi) is 4.54. The van der Waals surface area contributed by atoms with Gasteiger partial charge in [0.25, 0.3) is 0 Å². The summed E-state index contributed by atoms with van der Waals surface area (Å²) in [5, 5.41) is 0. The van der Waals surface area contributed by atoms with Crippen molar-refractivity contribution in [2.45, 2.75) is 36.6 Å². The first kappa shape index (κ1) is 16.2. The van der Waals surface area contributed by atoms with Gasteiger partial charge in [0.2, 0.25) is 20.0 Å². The summed E-state index contributed by atoms with van der Waals surface area (Å²) in [7, 11) is -7.48. The third-order valence-electron chi connectivity index (χ3n) is 3.20. The van der Waals surface area contributed by atoms with Crippen LogP contribution in [0.4, 0.5) is 10.1 Å². The number of anilines is 1. The lowest BCUT2D eigenvalue weighted by Crippen LogP contribution is -2.33. The maximum atomic E-state index is 13.9. The standard InChI is InChI=1S/C12H17FN2O4S2/c1-20(16,17)14-10-6-7-12(11(13)8-10)21(18,19)15-9-4-2-3-5-9/h6-9,14-15H,2-5H2,1H3. The molecule has 1 fully saturated rings. The third kappa shape index (κ3) is 4.39. The summed E-state index contributed by atoms with van der Waals surface area (Å²) in [5.41, 5.74) is -0.0187. The van der Waals surface area contributed by atoms with Gasteiger partial charge in [0.05, 0.1) is 11.9 Å². The Labute approximate surface area is 123 Å². The summed E-state index contributed by atoms with van der Waals surface area (Å²) in [4.78, 5) is -0.478. The van der Waals surface area contributed by atoms with E-state index >= 15 is 0 Å². The van der Waals surface area contributed by atoms with Gasteiger partial charge in [-0.3, -0.25) is 4.72 Å². The maximum Gasteiger partial charge on any atom is 0.243 e. The molecule has 0 atom stereocenters. The van der Waals surface area contributed by atoms with E-state index in [1.54, 1.807) is 0 Å². The first-order chi connectivity index (χ1) is 9.67. The van der Waals surface area contributed by atoms with E-state index < -0.39 is 30.8 Å². The summed E-state index contributed by atoms with van der Waals surface area (Å²) >= 11 is 0. The minimum absolute atomic E-state index is 0.0187. The Hall–Kier alpha value is -1.19. The molecule has 0 spiro atoms. The molecule has 0 heterocycles. The van der Waals surface area contributed by atoms with Gasteiger partial charge in [0.15, 0.2) is 0 Å². The van der Waals surface area contributed by atoms with Crippen LogP contribution < -0.4 is 9.44 Å². The molecule has 2 rings (SSSR count). The van der Waals surface area contributed by atoms with Crippen LogP contribution in [0.2, 0.25) is 0 Å². The highest BCUT2D eigenvalue weighted by Gasteiger charge is 2.25. The van der Waals surface area contributed by atoms with Crippen LogP contribution >= 0.6 is 0 Å². The van der Waals surface area contributed by atoms with Crippen molar-refractivity contribution in [3.63, 3.8) is 0 Å². The van der Waals surface area contributed by atoms with Crippen molar-refractivity contribution >= 4 is 25.7 Å². The molecule has 0 saturated heterocycles. The van der Waals surface area contributed by atoms with Crippen LogP contribution in [0, 0.1) is 5.82 Å². The Balaban J connectivity index is 2.23. The number of hydrogen-bond donors (Lipinski definition) is 2. The van der Waals surface area contributed by atoms with E-state index in [2.05, 4.69) is 9.44 Å². The topological polar surface area (TPSA) is 92.3 Å². The molecule has 0 amide bonds. The summed E-state index contributed by atoms with van der Waals surface area (Å²) in [5.74, 6) is -0.992. The number of halogens is 1. The number of nitrogens with one attached hydrogen (secondary N) is 2. The quantitative estimate of drug-likeness (QED) is 0.850. The fourth-order valence-electron chi connectivity index (χ4n) is 2.32. The van der Waals surface area contributed by atoms with Crippen molar-refractivity contribution in [2.75, 3.05) is 11.0 Å². The molecular weight excluding hydrogens is 319 g/mol. The monoisotopic (exact) mass is 336 g/mol. The van der Waals surface area contributed by atoms with E-state index in [0.29, 0.717) is 0 Å². The molecule has 1 aromatic rings. The van der Waals surface area contributed by atoms with Gasteiger partial charge in [0.1, 0.15) is 10.7 Å². The minimum Gasteiger partial charge on any atom is -0.284 e. The molecule has 0 aromatic heterocycles. The van der Waals surface area contributed by atoms with Crippen LogP contribution in [0.25, 0.3) is 0 Å². The predicted octanol–water partition coefficient (Wildman–Crippen LogP) is 1.42. The van der Waals surface area contributed by atoms with Crippen LogP contribution in [0.3, 0.4) is 0 Å². The highest BCUT2D eigenvalue weighted by Crippen LogP contribution is 2.23. The van der Waals surface area contributed by atoms with Crippen LogP contribution in [-0.4, -0.2) is 29.1 Å². The van der Waals surface area contributed by atoms with Crippen molar-refractivity contribution < 1.29 is 21.2 Å². The zero-order chi connectivity index (χ0) is 15.7. The molecule has 21 heavy (non-hydrogen) atoms. The third-order valence-corrected chi connectivity index (χ3v) is 5.36. The lowest BCUT2D eigenvalue weighted by atomic mass is 10.3. The summed E-state index contributed by atoms with van der Waals surface area (Å²) in [6, 6.07) is 2.96. The van der Waals surface area contributed by atoms with Crippen molar-refractivity contribution in [1.82, 2.24) is 4.72 Å². The van der Waals surface area contributed by atoms with Crippen LogP contribution in [-0.2, 0) is 20.0 Å². The van der Waals surface area contributed by atoms with E-state index in [0.717, 1.165) is 44.1 Å². The SMILES string of the molecule is CS(=O)(=O)Nc1ccc(S(=O)(=O)NC2CCCC2)c(F)c1. The zero-order valence-corrected chi connectivity index (χ0v) is 13.1. The second-order valence-corrected chi connectivity index (χ2v) is 8.55. The lowest BCUT2D eigenvalue weighted by molar-refractivity contribution is 0.537. The van der Waals surface area contributed by atoms with E-state index in [1.165, 1.54) is 6.07 Å². The molecule has 1 aliphatic carbocycles. The molecule has 118 valence electrons. The first-order valence-electron chi connectivity index (χ1n) is 6.47. The largest absolute Gasteiger partial charge is 0.284 e. The van der Waals surface area contributed by atoms with Gasteiger partial charge in [-0.1, -0.05) is 12.8 Å². The van der Waals surface area contributed by atoms with Gasteiger partial charge in [0, 0.05) is 6.04 Å².